The minimum atomic E-state index is 0.0444. The Labute approximate surface area is 89.7 Å². The molecule has 1 rings (SSSR count). The Kier molecular flexibility index (Phi) is 4.31. The van der Waals surface area contributed by atoms with E-state index in [0.29, 0.717) is 12.0 Å². The molecule has 0 saturated carbocycles. The summed E-state index contributed by atoms with van der Waals surface area (Å²) >= 11 is 0. The molecule has 0 radical (unpaired) electrons. The van der Waals surface area contributed by atoms with E-state index in [4.69, 9.17) is 9.84 Å². The second kappa shape index (κ2) is 5.51. The Hall–Kier alpha value is -1.35. The second-order valence-corrected chi connectivity index (χ2v) is 3.41. The molecular weight excluding hydrogens is 192 g/mol. The summed E-state index contributed by atoms with van der Waals surface area (Å²) in [7, 11) is 1.60. The van der Waals surface area contributed by atoms with Crippen LogP contribution in [0, 0.1) is 0 Å². The molecule has 0 fully saturated rings. The van der Waals surface area contributed by atoms with Crippen molar-refractivity contribution in [2.75, 3.05) is 13.7 Å². The number of aliphatic hydroxyl groups is 1. The number of methoxy groups -OCH3 is 1. The van der Waals surface area contributed by atoms with Gasteiger partial charge in [-0.2, -0.15) is 0 Å². The summed E-state index contributed by atoms with van der Waals surface area (Å²) in [6.07, 6.45) is 1.40. The molecular formula is C12H16O3. The number of aliphatic hydroxyl groups excluding tert-OH is 1. The predicted octanol–water partition coefficient (Wildman–Crippen LogP) is 1.82. The number of ketones is 1. The molecule has 0 aliphatic carbocycles. The monoisotopic (exact) mass is 208 g/mol. The van der Waals surface area contributed by atoms with E-state index in [0.717, 1.165) is 17.7 Å². The van der Waals surface area contributed by atoms with Gasteiger partial charge in [-0.25, -0.2) is 0 Å². The maximum atomic E-state index is 11.2. The van der Waals surface area contributed by atoms with E-state index in [2.05, 4.69) is 0 Å². The van der Waals surface area contributed by atoms with Crippen molar-refractivity contribution >= 4 is 5.78 Å². The summed E-state index contributed by atoms with van der Waals surface area (Å²) in [6, 6.07) is 5.38. The average molecular weight is 208 g/mol. The Morgan fingerprint density at radius 2 is 2.20 bits per heavy atom. The lowest BCUT2D eigenvalue weighted by atomic mass is 10.0. The normalized spacial score (nSPS) is 10.1. The fraction of sp³-hybridized carbons (Fsp3) is 0.417. The van der Waals surface area contributed by atoms with Crippen LogP contribution in [-0.2, 0) is 6.42 Å². The van der Waals surface area contributed by atoms with E-state index in [1.165, 1.54) is 6.92 Å². The van der Waals surface area contributed by atoms with Gasteiger partial charge in [0.05, 0.1) is 7.11 Å². The molecule has 1 aromatic rings. The Bertz CT molecular complexity index is 345. The SMILES string of the molecule is COc1ccc(C(C)=O)cc1CCCO. The van der Waals surface area contributed by atoms with Crippen LogP contribution in [-0.4, -0.2) is 24.6 Å². The summed E-state index contributed by atoms with van der Waals surface area (Å²) in [6.45, 7) is 1.69. The van der Waals surface area contributed by atoms with Crippen LogP contribution >= 0.6 is 0 Å². The van der Waals surface area contributed by atoms with Crippen LogP contribution in [0.1, 0.15) is 29.3 Å². The Morgan fingerprint density at radius 3 is 2.73 bits per heavy atom. The zero-order chi connectivity index (χ0) is 11.3. The molecule has 0 unspecified atom stereocenters. The van der Waals surface area contributed by atoms with E-state index in [9.17, 15) is 4.79 Å². The van der Waals surface area contributed by atoms with Crippen molar-refractivity contribution in [1.82, 2.24) is 0 Å². The zero-order valence-electron chi connectivity index (χ0n) is 9.12. The maximum absolute atomic E-state index is 11.2. The van der Waals surface area contributed by atoms with Gasteiger partial charge in [-0.15, -0.1) is 0 Å². The molecule has 3 nitrogen and oxygen atoms in total. The van der Waals surface area contributed by atoms with Gasteiger partial charge in [-0.3, -0.25) is 4.79 Å². The second-order valence-electron chi connectivity index (χ2n) is 3.41. The summed E-state index contributed by atoms with van der Waals surface area (Å²) in [4.78, 5) is 11.2. The van der Waals surface area contributed by atoms with Gasteiger partial charge in [0, 0.05) is 12.2 Å². The third-order valence-electron chi connectivity index (χ3n) is 2.29. The Balaban J connectivity index is 2.96. The number of carbonyl (C=O) groups is 1. The van der Waals surface area contributed by atoms with Crippen LogP contribution in [0.3, 0.4) is 0 Å². The fourth-order valence-electron chi connectivity index (χ4n) is 1.46. The first-order valence-corrected chi connectivity index (χ1v) is 4.97. The highest BCUT2D eigenvalue weighted by Crippen LogP contribution is 2.21. The van der Waals surface area contributed by atoms with E-state index >= 15 is 0 Å². The fourth-order valence-corrected chi connectivity index (χ4v) is 1.46. The van der Waals surface area contributed by atoms with Crippen LogP contribution in [0.4, 0.5) is 0 Å². The van der Waals surface area contributed by atoms with Crippen LogP contribution in [0.15, 0.2) is 18.2 Å². The van der Waals surface area contributed by atoms with Crippen molar-refractivity contribution in [1.29, 1.82) is 0 Å². The quantitative estimate of drug-likeness (QED) is 0.751. The molecule has 0 heterocycles. The van der Waals surface area contributed by atoms with Crippen molar-refractivity contribution in [3.8, 4) is 5.75 Å². The van der Waals surface area contributed by atoms with Crippen LogP contribution < -0.4 is 4.74 Å². The van der Waals surface area contributed by atoms with Crippen molar-refractivity contribution < 1.29 is 14.6 Å². The Morgan fingerprint density at radius 1 is 1.47 bits per heavy atom. The van der Waals surface area contributed by atoms with Crippen LogP contribution in [0.5, 0.6) is 5.75 Å². The summed E-state index contributed by atoms with van der Waals surface area (Å²) in [5.41, 5.74) is 1.66. The lowest BCUT2D eigenvalue weighted by molar-refractivity contribution is 0.101. The standard InChI is InChI=1S/C12H16O3/c1-9(14)10-5-6-12(15-2)11(8-10)4-3-7-13/h5-6,8,13H,3-4,7H2,1-2H3. The number of Topliss-reactive ketones (excluding diaryl/α,β-unsaturated/α-hetero) is 1. The van der Waals surface area contributed by atoms with Gasteiger partial charge in [0.1, 0.15) is 5.75 Å². The lowest BCUT2D eigenvalue weighted by Gasteiger charge is -2.09. The van der Waals surface area contributed by atoms with Gasteiger partial charge >= 0.3 is 0 Å². The molecule has 0 spiro atoms. The first kappa shape index (κ1) is 11.7. The zero-order valence-corrected chi connectivity index (χ0v) is 9.12. The van der Waals surface area contributed by atoms with Gasteiger partial charge in [0.25, 0.3) is 0 Å². The van der Waals surface area contributed by atoms with Gasteiger partial charge in [0.15, 0.2) is 5.78 Å². The number of aryl methyl sites for hydroxylation is 1. The highest BCUT2D eigenvalue weighted by molar-refractivity contribution is 5.94. The lowest BCUT2D eigenvalue weighted by Crippen LogP contribution is -1.99. The molecule has 0 saturated heterocycles. The first-order valence-electron chi connectivity index (χ1n) is 4.97. The molecule has 1 aromatic carbocycles. The molecule has 0 atom stereocenters. The molecule has 0 aliphatic rings. The van der Waals surface area contributed by atoms with Gasteiger partial charge in [-0.05, 0) is 43.5 Å². The predicted molar refractivity (Wildman–Crippen MR) is 58.4 cm³/mol. The minimum absolute atomic E-state index is 0.0444. The molecule has 82 valence electrons. The van der Waals surface area contributed by atoms with Crippen molar-refractivity contribution in [3.63, 3.8) is 0 Å². The number of carbonyl (C=O) groups excluding carboxylic acids is 1. The van der Waals surface area contributed by atoms with E-state index < -0.39 is 0 Å². The number of benzene rings is 1. The third kappa shape index (κ3) is 3.06. The molecule has 0 aliphatic heterocycles. The van der Waals surface area contributed by atoms with E-state index in [1.54, 1.807) is 19.2 Å². The van der Waals surface area contributed by atoms with E-state index in [1.807, 2.05) is 6.07 Å². The minimum Gasteiger partial charge on any atom is -0.496 e. The van der Waals surface area contributed by atoms with Crippen LogP contribution in [0.25, 0.3) is 0 Å². The maximum Gasteiger partial charge on any atom is 0.159 e. The van der Waals surface area contributed by atoms with Gasteiger partial charge < -0.3 is 9.84 Å². The topological polar surface area (TPSA) is 46.5 Å². The van der Waals surface area contributed by atoms with Crippen LogP contribution in [0.2, 0.25) is 0 Å². The number of hydrogen-bond donors (Lipinski definition) is 1. The molecule has 0 bridgehead atoms. The number of ether oxygens (including phenoxy) is 1. The summed E-state index contributed by atoms with van der Waals surface area (Å²) in [5.74, 6) is 0.816. The van der Waals surface area contributed by atoms with Gasteiger partial charge in [0.2, 0.25) is 0 Å². The third-order valence-corrected chi connectivity index (χ3v) is 2.29. The highest BCUT2D eigenvalue weighted by atomic mass is 16.5. The largest absolute Gasteiger partial charge is 0.496 e. The van der Waals surface area contributed by atoms with Gasteiger partial charge in [-0.1, -0.05) is 0 Å². The van der Waals surface area contributed by atoms with Crippen molar-refractivity contribution in [3.05, 3.63) is 29.3 Å². The van der Waals surface area contributed by atoms with E-state index in [-0.39, 0.29) is 12.4 Å². The molecule has 1 N–H and O–H groups in total. The number of rotatable bonds is 5. The molecule has 0 amide bonds. The molecule has 0 aromatic heterocycles. The summed E-state index contributed by atoms with van der Waals surface area (Å²) in [5, 5.41) is 8.76. The molecule has 15 heavy (non-hydrogen) atoms. The van der Waals surface area contributed by atoms with Crippen molar-refractivity contribution in [2.45, 2.75) is 19.8 Å². The highest BCUT2D eigenvalue weighted by Gasteiger charge is 2.06. The smallest absolute Gasteiger partial charge is 0.159 e. The first-order chi connectivity index (χ1) is 7.19. The average Bonchev–Trinajstić information content (AvgIpc) is 2.25. The van der Waals surface area contributed by atoms with Crippen molar-refractivity contribution in [2.24, 2.45) is 0 Å². The molecule has 3 heteroatoms. The number of hydrogen-bond acceptors (Lipinski definition) is 3. The summed E-state index contributed by atoms with van der Waals surface area (Å²) < 4.78 is 5.18.